The largest absolute Gasteiger partial charge is 0.467 e. The Kier molecular flexibility index (Phi) is 3.84. The second-order valence-corrected chi connectivity index (χ2v) is 4.71. The minimum absolute atomic E-state index is 0.0398. The fourth-order valence-electron chi connectivity index (χ4n) is 1.67. The highest BCUT2D eigenvalue weighted by molar-refractivity contribution is 6.29. The summed E-state index contributed by atoms with van der Waals surface area (Å²) in [7, 11) is 1.35. The lowest BCUT2D eigenvalue weighted by Gasteiger charge is -2.21. The van der Waals surface area contributed by atoms with Gasteiger partial charge in [0, 0.05) is 6.07 Å². The molecule has 0 amide bonds. The van der Waals surface area contributed by atoms with Crippen LogP contribution >= 0.6 is 11.6 Å². The Morgan fingerprint density at radius 1 is 1.53 bits per heavy atom. The summed E-state index contributed by atoms with van der Waals surface area (Å²) in [6.45, 7) is 3.83. The van der Waals surface area contributed by atoms with E-state index in [0.29, 0.717) is 11.6 Å². The van der Waals surface area contributed by atoms with Gasteiger partial charge in [-0.2, -0.15) is 19.6 Å². The average molecular weight is 284 g/mol. The number of nitrogens with one attached hydrogen (secondary N) is 1. The van der Waals surface area contributed by atoms with Crippen molar-refractivity contribution in [2.75, 3.05) is 12.4 Å². The third-order valence-corrected chi connectivity index (χ3v) is 2.84. The maximum atomic E-state index is 11.7. The van der Waals surface area contributed by atoms with Crippen molar-refractivity contribution in [2.45, 2.75) is 19.9 Å². The number of esters is 1. The van der Waals surface area contributed by atoms with Crippen LogP contribution in [-0.2, 0) is 9.53 Å². The highest BCUT2D eigenvalue weighted by atomic mass is 35.5. The highest BCUT2D eigenvalue weighted by Crippen LogP contribution is 2.18. The summed E-state index contributed by atoms with van der Waals surface area (Å²) >= 11 is 5.91. The molecule has 2 heterocycles. The Bertz CT molecular complexity index is 598. The van der Waals surface area contributed by atoms with Gasteiger partial charge in [-0.25, -0.2) is 4.79 Å². The molecule has 0 aliphatic carbocycles. The molecule has 1 unspecified atom stereocenters. The van der Waals surface area contributed by atoms with Gasteiger partial charge in [-0.1, -0.05) is 25.4 Å². The molecule has 2 aromatic rings. The van der Waals surface area contributed by atoms with Crippen LogP contribution in [0.15, 0.2) is 12.4 Å². The van der Waals surface area contributed by atoms with Crippen LogP contribution in [0.5, 0.6) is 0 Å². The summed E-state index contributed by atoms with van der Waals surface area (Å²) in [6.07, 6.45) is 1.37. The van der Waals surface area contributed by atoms with Crippen molar-refractivity contribution in [1.29, 1.82) is 0 Å². The smallest absolute Gasteiger partial charge is 0.328 e. The number of carbonyl (C=O) groups excluding carboxylic acids is 1. The van der Waals surface area contributed by atoms with E-state index in [9.17, 15) is 4.79 Å². The maximum absolute atomic E-state index is 11.7. The molecule has 0 saturated carbocycles. The number of methoxy groups -OCH3 is 1. The van der Waals surface area contributed by atoms with E-state index >= 15 is 0 Å². The molecule has 0 fully saturated rings. The Labute approximate surface area is 114 Å². The van der Waals surface area contributed by atoms with Gasteiger partial charge in [0.25, 0.3) is 5.78 Å². The number of fused-ring (bicyclic) bond motifs is 1. The quantitative estimate of drug-likeness (QED) is 0.674. The van der Waals surface area contributed by atoms with Crippen molar-refractivity contribution < 1.29 is 9.53 Å². The van der Waals surface area contributed by atoms with Gasteiger partial charge in [-0.3, -0.25) is 0 Å². The number of hydrogen-bond donors (Lipinski definition) is 1. The van der Waals surface area contributed by atoms with Crippen LogP contribution in [0.1, 0.15) is 13.8 Å². The van der Waals surface area contributed by atoms with E-state index in [1.807, 2.05) is 13.8 Å². The van der Waals surface area contributed by atoms with Crippen LogP contribution in [-0.4, -0.2) is 38.7 Å². The van der Waals surface area contributed by atoms with Gasteiger partial charge >= 0.3 is 5.97 Å². The number of anilines is 1. The first-order valence-corrected chi connectivity index (χ1v) is 6.11. The fourth-order valence-corrected chi connectivity index (χ4v) is 1.85. The molecule has 0 aromatic carbocycles. The summed E-state index contributed by atoms with van der Waals surface area (Å²) in [5, 5.41) is 7.36. The number of rotatable bonds is 4. The van der Waals surface area contributed by atoms with Crippen molar-refractivity contribution in [2.24, 2.45) is 5.92 Å². The van der Waals surface area contributed by atoms with Crippen molar-refractivity contribution >= 4 is 29.2 Å². The molecule has 0 aliphatic heterocycles. The average Bonchev–Trinajstić information content (AvgIpc) is 2.82. The van der Waals surface area contributed by atoms with Gasteiger partial charge < -0.3 is 10.1 Å². The van der Waals surface area contributed by atoms with E-state index in [4.69, 9.17) is 16.3 Å². The second kappa shape index (κ2) is 5.40. The Morgan fingerprint density at radius 2 is 2.26 bits per heavy atom. The maximum Gasteiger partial charge on any atom is 0.328 e. The lowest BCUT2D eigenvalue weighted by atomic mass is 10.0. The van der Waals surface area contributed by atoms with Gasteiger partial charge in [0.2, 0.25) is 0 Å². The Balaban J connectivity index is 2.38. The number of hydrogen-bond acceptors (Lipinski definition) is 6. The first-order chi connectivity index (χ1) is 9.02. The van der Waals surface area contributed by atoms with Gasteiger partial charge in [0.05, 0.1) is 7.11 Å². The summed E-state index contributed by atoms with van der Waals surface area (Å²) < 4.78 is 6.25. The molecule has 2 rings (SSSR count). The van der Waals surface area contributed by atoms with Crippen LogP contribution < -0.4 is 5.32 Å². The topological polar surface area (TPSA) is 81.4 Å². The van der Waals surface area contributed by atoms with Crippen LogP contribution in [0.25, 0.3) is 5.78 Å². The first kappa shape index (κ1) is 13.5. The zero-order valence-corrected chi connectivity index (χ0v) is 11.5. The molecule has 19 heavy (non-hydrogen) atoms. The summed E-state index contributed by atoms with van der Waals surface area (Å²) in [6, 6.07) is 1.08. The normalized spacial score (nSPS) is 12.7. The summed E-state index contributed by atoms with van der Waals surface area (Å²) in [4.78, 5) is 19.7. The van der Waals surface area contributed by atoms with Gasteiger partial charge in [0.1, 0.15) is 23.3 Å². The standard InChI is InChI=1S/C11H14ClN5O2/c1-6(2)9(10(18)19-3)16-8-4-7(12)15-11-13-5-14-17(8)11/h4-6,9,16H,1-3H3. The van der Waals surface area contributed by atoms with Crippen LogP contribution in [0.2, 0.25) is 5.15 Å². The summed E-state index contributed by atoms with van der Waals surface area (Å²) in [5.74, 6) is 0.591. The van der Waals surface area contributed by atoms with Crippen molar-refractivity contribution in [3.63, 3.8) is 0 Å². The Hall–Kier alpha value is -1.89. The molecule has 7 nitrogen and oxygen atoms in total. The molecule has 0 radical (unpaired) electrons. The SMILES string of the molecule is COC(=O)C(Nc1cc(Cl)nc2ncnn12)C(C)C. The van der Waals surface area contributed by atoms with Gasteiger partial charge in [-0.15, -0.1) is 0 Å². The molecular weight excluding hydrogens is 270 g/mol. The zero-order valence-electron chi connectivity index (χ0n) is 10.8. The summed E-state index contributed by atoms with van der Waals surface area (Å²) in [5.41, 5.74) is 0. The number of carbonyl (C=O) groups is 1. The molecule has 0 aliphatic rings. The van der Waals surface area contributed by atoms with E-state index in [2.05, 4.69) is 20.4 Å². The van der Waals surface area contributed by atoms with Crippen LogP contribution in [0.3, 0.4) is 0 Å². The van der Waals surface area contributed by atoms with Crippen molar-refractivity contribution in [1.82, 2.24) is 19.6 Å². The van der Waals surface area contributed by atoms with E-state index < -0.39 is 6.04 Å². The third kappa shape index (κ3) is 2.76. The van der Waals surface area contributed by atoms with Crippen molar-refractivity contribution in [3.05, 3.63) is 17.5 Å². The Morgan fingerprint density at radius 3 is 2.89 bits per heavy atom. The molecule has 0 spiro atoms. The molecule has 1 atom stereocenters. The van der Waals surface area contributed by atoms with E-state index in [-0.39, 0.29) is 17.0 Å². The molecule has 0 bridgehead atoms. The molecule has 1 N–H and O–H groups in total. The first-order valence-electron chi connectivity index (χ1n) is 5.73. The number of ether oxygens (including phenoxy) is 1. The third-order valence-electron chi connectivity index (χ3n) is 2.65. The monoisotopic (exact) mass is 283 g/mol. The van der Waals surface area contributed by atoms with Gasteiger partial charge in [-0.05, 0) is 5.92 Å². The van der Waals surface area contributed by atoms with E-state index in [1.165, 1.54) is 18.0 Å². The lowest BCUT2D eigenvalue weighted by molar-refractivity contribution is -0.142. The van der Waals surface area contributed by atoms with Crippen LogP contribution in [0, 0.1) is 5.92 Å². The fraction of sp³-hybridized carbons (Fsp3) is 0.455. The van der Waals surface area contributed by atoms with Gasteiger partial charge in [0.15, 0.2) is 0 Å². The molecule has 0 saturated heterocycles. The van der Waals surface area contributed by atoms with E-state index in [1.54, 1.807) is 6.07 Å². The molecule has 2 aromatic heterocycles. The molecule has 102 valence electrons. The predicted molar refractivity (Wildman–Crippen MR) is 70.1 cm³/mol. The van der Waals surface area contributed by atoms with Crippen molar-refractivity contribution in [3.8, 4) is 0 Å². The number of aromatic nitrogens is 4. The minimum atomic E-state index is -0.504. The highest BCUT2D eigenvalue weighted by Gasteiger charge is 2.24. The zero-order chi connectivity index (χ0) is 14.0. The molecular formula is C11H14ClN5O2. The second-order valence-electron chi connectivity index (χ2n) is 4.33. The number of nitrogens with zero attached hydrogens (tertiary/aromatic N) is 4. The van der Waals surface area contributed by atoms with Crippen LogP contribution in [0.4, 0.5) is 5.82 Å². The minimum Gasteiger partial charge on any atom is -0.467 e. The van der Waals surface area contributed by atoms with E-state index in [0.717, 1.165) is 0 Å². The predicted octanol–water partition coefficient (Wildman–Crippen LogP) is 1.39. The number of halogens is 1. The lowest BCUT2D eigenvalue weighted by Crippen LogP contribution is -2.36. The molecule has 8 heteroatoms.